The molecule has 7 nitrogen and oxygen atoms in total. The van der Waals surface area contributed by atoms with Crippen LogP contribution in [0.1, 0.15) is 40.4 Å². The molecule has 2 heterocycles. The van der Waals surface area contributed by atoms with E-state index in [1.165, 1.54) is 10.7 Å². The first-order valence-electron chi connectivity index (χ1n) is 8.28. The number of phenolic OH excluding ortho intramolecular Hbond substituents is 1. The molecule has 0 saturated carbocycles. The Morgan fingerprint density at radius 2 is 2.12 bits per heavy atom. The largest absolute Gasteiger partial charge is 0.507 e. The van der Waals surface area contributed by atoms with E-state index in [4.69, 9.17) is 5.11 Å². The molecule has 1 saturated heterocycles. The van der Waals surface area contributed by atoms with Crippen LogP contribution in [0.3, 0.4) is 0 Å². The molecule has 0 spiro atoms. The number of likely N-dealkylation sites (tertiary alicyclic amines) is 1. The Balaban J connectivity index is 1.74. The summed E-state index contributed by atoms with van der Waals surface area (Å²) in [4.78, 5) is 25.3. The molecule has 1 aliphatic heterocycles. The highest BCUT2D eigenvalue weighted by Crippen LogP contribution is 2.28. The second-order valence-electron chi connectivity index (χ2n) is 6.44. The van der Waals surface area contributed by atoms with E-state index in [1.807, 2.05) is 13.0 Å². The summed E-state index contributed by atoms with van der Waals surface area (Å²) >= 11 is 0. The minimum atomic E-state index is -0.940. The van der Waals surface area contributed by atoms with E-state index in [0.717, 1.165) is 24.1 Å². The molecule has 1 aromatic heterocycles. The van der Waals surface area contributed by atoms with Gasteiger partial charge in [0.1, 0.15) is 12.3 Å². The first kappa shape index (κ1) is 17.0. The Hall–Kier alpha value is -2.83. The molecule has 0 aliphatic carbocycles. The van der Waals surface area contributed by atoms with E-state index in [9.17, 15) is 14.7 Å². The van der Waals surface area contributed by atoms with Gasteiger partial charge in [0.2, 0.25) is 0 Å². The molecule has 1 fully saturated rings. The van der Waals surface area contributed by atoms with Gasteiger partial charge in [-0.15, -0.1) is 0 Å². The van der Waals surface area contributed by atoms with Crippen LogP contribution in [-0.2, 0) is 11.3 Å². The zero-order chi connectivity index (χ0) is 18.0. The van der Waals surface area contributed by atoms with Gasteiger partial charge in [-0.2, -0.15) is 5.10 Å². The fourth-order valence-electron chi connectivity index (χ4n) is 3.22. The summed E-state index contributed by atoms with van der Waals surface area (Å²) in [5.74, 6) is -1.07. The number of carbonyl (C=O) groups is 2. The van der Waals surface area contributed by atoms with Gasteiger partial charge in [-0.05, 0) is 38.0 Å². The monoisotopic (exact) mass is 343 g/mol. The Labute approximate surface area is 145 Å². The van der Waals surface area contributed by atoms with E-state index in [1.54, 1.807) is 23.2 Å². The lowest BCUT2D eigenvalue weighted by Crippen LogP contribution is -2.39. The van der Waals surface area contributed by atoms with Crippen LogP contribution in [0.4, 0.5) is 0 Å². The van der Waals surface area contributed by atoms with E-state index in [-0.39, 0.29) is 24.1 Å². The number of phenols is 1. The second-order valence-corrected chi connectivity index (χ2v) is 6.44. The zero-order valence-corrected chi connectivity index (χ0v) is 14.1. The summed E-state index contributed by atoms with van der Waals surface area (Å²) in [7, 11) is 0. The number of aromatic nitrogens is 2. The van der Waals surface area contributed by atoms with Crippen LogP contribution >= 0.6 is 0 Å². The van der Waals surface area contributed by atoms with Crippen molar-refractivity contribution in [1.29, 1.82) is 0 Å². The van der Waals surface area contributed by atoms with Crippen LogP contribution < -0.4 is 0 Å². The number of nitrogens with zero attached hydrogens (tertiary/aromatic N) is 3. The molecule has 0 unspecified atom stereocenters. The highest BCUT2D eigenvalue weighted by atomic mass is 16.4. The van der Waals surface area contributed by atoms with Gasteiger partial charge in [0, 0.05) is 25.2 Å². The van der Waals surface area contributed by atoms with E-state index >= 15 is 0 Å². The van der Waals surface area contributed by atoms with Crippen LogP contribution in [0, 0.1) is 6.92 Å². The van der Waals surface area contributed by atoms with Gasteiger partial charge in [-0.3, -0.25) is 14.3 Å². The summed E-state index contributed by atoms with van der Waals surface area (Å²) in [6.45, 7) is 2.85. The van der Waals surface area contributed by atoms with Gasteiger partial charge < -0.3 is 15.1 Å². The minimum Gasteiger partial charge on any atom is -0.507 e. The Kier molecular flexibility index (Phi) is 4.74. The highest BCUT2D eigenvalue weighted by Gasteiger charge is 2.28. The summed E-state index contributed by atoms with van der Waals surface area (Å²) in [5, 5.41) is 23.1. The number of hydrogen-bond donors (Lipinski definition) is 2. The molecule has 1 aromatic carbocycles. The Bertz CT molecular complexity index is 799. The van der Waals surface area contributed by atoms with Crippen LogP contribution in [0.15, 0.2) is 30.5 Å². The molecule has 7 heteroatoms. The van der Waals surface area contributed by atoms with Crippen molar-refractivity contribution in [2.45, 2.75) is 32.2 Å². The first-order chi connectivity index (χ1) is 11.9. The van der Waals surface area contributed by atoms with Gasteiger partial charge >= 0.3 is 5.97 Å². The maximum absolute atomic E-state index is 12.8. The summed E-state index contributed by atoms with van der Waals surface area (Å²) in [6.07, 6.45) is 3.39. The first-order valence-corrected chi connectivity index (χ1v) is 8.28. The molecule has 1 atom stereocenters. The van der Waals surface area contributed by atoms with Gasteiger partial charge in [0.05, 0.1) is 11.3 Å². The van der Waals surface area contributed by atoms with Crippen molar-refractivity contribution in [3.63, 3.8) is 0 Å². The number of carbonyl (C=O) groups excluding carboxylic acids is 1. The van der Waals surface area contributed by atoms with Crippen LogP contribution in [0.25, 0.3) is 0 Å². The number of aryl methyl sites for hydroxylation is 1. The molecule has 0 bridgehead atoms. The number of benzene rings is 1. The van der Waals surface area contributed by atoms with Crippen molar-refractivity contribution in [3.05, 3.63) is 47.3 Å². The smallest absolute Gasteiger partial charge is 0.325 e. The summed E-state index contributed by atoms with van der Waals surface area (Å²) in [6, 6.07) is 6.81. The lowest BCUT2D eigenvalue weighted by molar-refractivity contribution is -0.137. The normalized spacial score (nSPS) is 17.5. The molecule has 3 rings (SSSR count). The molecule has 2 aromatic rings. The highest BCUT2D eigenvalue weighted by molar-refractivity contribution is 5.97. The standard InChI is InChI=1S/C18H21N3O4/c1-12-4-5-16(22)14(9-12)18(25)20-7-2-3-13(10-20)15-6-8-21(19-15)11-17(23)24/h4-6,8-9,13,22H,2-3,7,10-11H2,1H3,(H,23,24)/t13-/m1/s1. The van der Waals surface area contributed by atoms with Gasteiger partial charge in [-0.25, -0.2) is 0 Å². The van der Waals surface area contributed by atoms with Gasteiger partial charge in [0.15, 0.2) is 0 Å². The number of hydrogen-bond acceptors (Lipinski definition) is 4. The Morgan fingerprint density at radius 1 is 1.32 bits per heavy atom. The minimum absolute atomic E-state index is 0.0107. The van der Waals surface area contributed by atoms with Gasteiger partial charge in [-0.1, -0.05) is 11.6 Å². The van der Waals surface area contributed by atoms with Crippen molar-refractivity contribution >= 4 is 11.9 Å². The van der Waals surface area contributed by atoms with Crippen LogP contribution in [0.2, 0.25) is 0 Å². The number of amides is 1. The number of carboxylic acids is 1. The van der Waals surface area contributed by atoms with E-state index < -0.39 is 5.97 Å². The quantitative estimate of drug-likeness (QED) is 0.885. The van der Waals surface area contributed by atoms with Crippen LogP contribution in [0.5, 0.6) is 5.75 Å². The van der Waals surface area contributed by atoms with Crippen molar-refractivity contribution < 1.29 is 19.8 Å². The molecule has 2 N–H and O–H groups in total. The fraction of sp³-hybridized carbons (Fsp3) is 0.389. The number of rotatable bonds is 4. The second kappa shape index (κ2) is 6.96. The predicted molar refractivity (Wildman–Crippen MR) is 90.6 cm³/mol. The fourth-order valence-corrected chi connectivity index (χ4v) is 3.22. The molecule has 132 valence electrons. The molecule has 1 aliphatic rings. The molecule has 1 amide bonds. The molecule has 0 radical (unpaired) electrons. The van der Waals surface area contributed by atoms with Gasteiger partial charge in [0.25, 0.3) is 5.91 Å². The molecule has 25 heavy (non-hydrogen) atoms. The zero-order valence-electron chi connectivity index (χ0n) is 14.1. The summed E-state index contributed by atoms with van der Waals surface area (Å²) in [5.41, 5.74) is 2.03. The SMILES string of the molecule is Cc1ccc(O)c(C(=O)N2CCC[C@@H](c3ccn(CC(=O)O)n3)C2)c1. The topological polar surface area (TPSA) is 95.7 Å². The average Bonchev–Trinajstić information content (AvgIpc) is 3.04. The lowest BCUT2D eigenvalue weighted by Gasteiger charge is -2.32. The molecular weight excluding hydrogens is 322 g/mol. The average molecular weight is 343 g/mol. The maximum Gasteiger partial charge on any atom is 0.325 e. The number of piperidine rings is 1. The Morgan fingerprint density at radius 3 is 2.88 bits per heavy atom. The van der Waals surface area contributed by atoms with Crippen molar-refractivity contribution in [1.82, 2.24) is 14.7 Å². The van der Waals surface area contributed by atoms with Crippen LogP contribution in [-0.4, -0.2) is 49.9 Å². The molecular formula is C18H21N3O4. The van der Waals surface area contributed by atoms with E-state index in [2.05, 4.69) is 5.10 Å². The third kappa shape index (κ3) is 3.81. The number of aromatic hydroxyl groups is 1. The predicted octanol–water partition coefficient (Wildman–Crippen LogP) is 2.00. The van der Waals surface area contributed by atoms with Crippen molar-refractivity contribution in [3.8, 4) is 5.75 Å². The summed E-state index contributed by atoms with van der Waals surface area (Å²) < 4.78 is 1.39. The number of carboxylic acid groups (broad SMARTS) is 1. The number of aliphatic carboxylic acids is 1. The van der Waals surface area contributed by atoms with Crippen molar-refractivity contribution in [2.24, 2.45) is 0 Å². The third-order valence-electron chi connectivity index (χ3n) is 4.47. The van der Waals surface area contributed by atoms with E-state index in [0.29, 0.717) is 18.7 Å². The maximum atomic E-state index is 12.8. The lowest BCUT2D eigenvalue weighted by atomic mass is 9.94. The van der Waals surface area contributed by atoms with Crippen molar-refractivity contribution in [2.75, 3.05) is 13.1 Å². The third-order valence-corrected chi connectivity index (χ3v) is 4.47.